The molecule has 0 saturated carbocycles. The van der Waals surface area contributed by atoms with E-state index in [1.807, 2.05) is 0 Å². The fourth-order valence-electron chi connectivity index (χ4n) is 0. The third-order valence-electron chi connectivity index (χ3n) is 0.204. The molecule has 0 rings (SSSR count). The molecule has 0 aliphatic heterocycles. The summed E-state index contributed by atoms with van der Waals surface area (Å²) in [7, 11) is 1.81. The molecular formula is C2H8N2. The number of nitrogens with one attached hydrogen (secondary N) is 1. The van der Waals surface area contributed by atoms with Crippen molar-refractivity contribution in [2.45, 2.75) is 0 Å². The number of rotatable bonds is 1. The fraction of sp³-hybridized carbons (Fsp3) is 1.00. The average Bonchev–Trinajstić information content (AvgIpc) is 1.37. The number of hydrogen-bond acceptors (Lipinski definition) is 2. The van der Waals surface area contributed by atoms with Crippen LogP contribution >= 0.6 is 0 Å². The molecule has 0 aromatic heterocycles. The standard InChI is InChI=1S/C2H8N2/c1-4-2-3/h4H,2-3H2,1H3. The van der Waals surface area contributed by atoms with Gasteiger partial charge in [-0.25, -0.2) is 0 Å². The quantitative estimate of drug-likeness (QED) is 0.386. The summed E-state index contributed by atoms with van der Waals surface area (Å²) in [6, 6.07) is 0. The highest BCUT2D eigenvalue weighted by Gasteiger charge is 1.49. The molecular weight excluding hydrogens is 52.0 g/mol. The Morgan fingerprint density at radius 2 is 2.25 bits per heavy atom. The summed E-state index contributed by atoms with van der Waals surface area (Å²) in [6.45, 7) is 0.569. The predicted molar refractivity (Wildman–Crippen MR) is 18.1 cm³/mol. The van der Waals surface area contributed by atoms with Crippen molar-refractivity contribution in [3.8, 4) is 0 Å². The van der Waals surface area contributed by atoms with Crippen LogP contribution in [0.2, 0.25) is 0 Å². The molecule has 0 aliphatic rings. The zero-order valence-corrected chi connectivity index (χ0v) is 2.78. The van der Waals surface area contributed by atoms with Crippen LogP contribution in [0.1, 0.15) is 0 Å². The summed E-state index contributed by atoms with van der Waals surface area (Å²) in [5, 5.41) is 2.71. The highest BCUT2D eigenvalue weighted by molar-refractivity contribution is 4.12. The Kier molecular flexibility index (Phi) is 2.86. The van der Waals surface area contributed by atoms with Crippen molar-refractivity contribution in [2.75, 3.05) is 13.7 Å². The van der Waals surface area contributed by atoms with E-state index in [2.05, 4.69) is 5.32 Å². The molecule has 0 radical (unpaired) electrons. The van der Waals surface area contributed by atoms with Crippen LogP contribution in [0.4, 0.5) is 0 Å². The molecule has 0 aromatic rings. The van der Waals surface area contributed by atoms with Crippen LogP contribution in [0.25, 0.3) is 0 Å². The second-order valence-corrected chi connectivity index (χ2v) is 0.558. The molecule has 0 aromatic carbocycles. The molecule has 26 valence electrons. The lowest BCUT2D eigenvalue weighted by molar-refractivity contribution is 0.833. The van der Waals surface area contributed by atoms with Crippen LogP contribution in [-0.4, -0.2) is 13.7 Å². The second kappa shape index (κ2) is 2.92. The predicted octanol–water partition coefficient (Wildman–Crippen LogP) is -0.878. The molecule has 0 aliphatic carbocycles. The Balaban J connectivity index is 1.97. The van der Waals surface area contributed by atoms with Gasteiger partial charge in [-0.15, -0.1) is 0 Å². The molecule has 0 heterocycles. The van der Waals surface area contributed by atoms with Crippen molar-refractivity contribution in [2.24, 2.45) is 5.73 Å². The lowest BCUT2D eigenvalue weighted by atomic mass is 11.1. The zero-order valence-electron chi connectivity index (χ0n) is 2.78. The van der Waals surface area contributed by atoms with Crippen LogP contribution in [0.15, 0.2) is 0 Å². The minimum Gasteiger partial charge on any atom is -0.319 e. The summed E-state index contributed by atoms with van der Waals surface area (Å²) in [4.78, 5) is 0. The van der Waals surface area contributed by atoms with Crippen LogP contribution in [-0.2, 0) is 0 Å². The van der Waals surface area contributed by atoms with Gasteiger partial charge in [0.2, 0.25) is 0 Å². The van der Waals surface area contributed by atoms with Gasteiger partial charge in [-0.05, 0) is 7.05 Å². The number of nitrogens with two attached hydrogens (primary N) is 1. The summed E-state index contributed by atoms with van der Waals surface area (Å²) in [5.41, 5.74) is 4.92. The van der Waals surface area contributed by atoms with Gasteiger partial charge >= 0.3 is 0 Å². The Labute approximate surface area is 26.0 Å². The minimum absolute atomic E-state index is 0.569. The van der Waals surface area contributed by atoms with Crippen LogP contribution in [0.5, 0.6) is 0 Å². The lowest BCUT2D eigenvalue weighted by Gasteiger charge is -1.77. The van der Waals surface area contributed by atoms with Gasteiger partial charge in [0.15, 0.2) is 0 Å². The van der Waals surface area contributed by atoms with Gasteiger partial charge in [0.05, 0.1) is 0 Å². The Hall–Kier alpha value is -0.0800. The van der Waals surface area contributed by atoms with E-state index in [0.717, 1.165) is 0 Å². The maximum atomic E-state index is 4.92. The van der Waals surface area contributed by atoms with Crippen molar-refractivity contribution in [1.82, 2.24) is 5.32 Å². The first-order chi connectivity index (χ1) is 1.91. The molecule has 4 heavy (non-hydrogen) atoms. The van der Waals surface area contributed by atoms with Gasteiger partial charge in [-0.2, -0.15) is 0 Å². The van der Waals surface area contributed by atoms with Gasteiger partial charge in [0, 0.05) is 6.67 Å². The Morgan fingerprint density at radius 1 is 2.00 bits per heavy atom. The zero-order chi connectivity index (χ0) is 3.41. The van der Waals surface area contributed by atoms with Gasteiger partial charge in [0.25, 0.3) is 0 Å². The van der Waals surface area contributed by atoms with Crippen molar-refractivity contribution in [1.29, 1.82) is 0 Å². The van der Waals surface area contributed by atoms with E-state index in [-0.39, 0.29) is 0 Å². The molecule has 2 heteroatoms. The van der Waals surface area contributed by atoms with Crippen LogP contribution in [0.3, 0.4) is 0 Å². The van der Waals surface area contributed by atoms with Gasteiger partial charge in [0.1, 0.15) is 0 Å². The van der Waals surface area contributed by atoms with Gasteiger partial charge in [-0.1, -0.05) is 0 Å². The van der Waals surface area contributed by atoms with Crippen LogP contribution < -0.4 is 11.1 Å². The first kappa shape index (κ1) is 3.92. The molecule has 0 unspecified atom stereocenters. The van der Waals surface area contributed by atoms with Crippen molar-refractivity contribution < 1.29 is 0 Å². The summed E-state index contributed by atoms with van der Waals surface area (Å²) in [5.74, 6) is 0. The van der Waals surface area contributed by atoms with E-state index in [9.17, 15) is 0 Å². The fourth-order valence-corrected chi connectivity index (χ4v) is 0. The summed E-state index contributed by atoms with van der Waals surface area (Å²) < 4.78 is 0. The third-order valence-corrected chi connectivity index (χ3v) is 0.204. The second-order valence-electron chi connectivity index (χ2n) is 0.558. The highest BCUT2D eigenvalue weighted by Crippen LogP contribution is 1.15. The largest absolute Gasteiger partial charge is 0.319 e. The summed E-state index contributed by atoms with van der Waals surface area (Å²) in [6.07, 6.45) is 0. The topological polar surface area (TPSA) is 38.0 Å². The summed E-state index contributed by atoms with van der Waals surface area (Å²) >= 11 is 0. The molecule has 0 fully saturated rings. The molecule has 0 amide bonds. The van der Waals surface area contributed by atoms with Crippen molar-refractivity contribution >= 4 is 0 Å². The molecule has 0 spiro atoms. The SMILES string of the molecule is CNCN. The molecule has 0 atom stereocenters. The van der Waals surface area contributed by atoms with Crippen molar-refractivity contribution in [3.05, 3.63) is 0 Å². The van der Waals surface area contributed by atoms with E-state index in [0.29, 0.717) is 6.67 Å². The lowest BCUT2D eigenvalue weighted by Crippen LogP contribution is -2.15. The van der Waals surface area contributed by atoms with Gasteiger partial charge in [-0.3, -0.25) is 0 Å². The highest BCUT2D eigenvalue weighted by atomic mass is 14.9. The normalized spacial score (nSPS) is 7.50. The number of hydrogen-bond donors (Lipinski definition) is 2. The average molecular weight is 60.1 g/mol. The molecule has 0 saturated heterocycles. The molecule has 2 nitrogen and oxygen atoms in total. The first-order valence-corrected chi connectivity index (χ1v) is 1.26. The smallest absolute Gasteiger partial charge is 0.0426 e. The maximum Gasteiger partial charge on any atom is 0.0426 e. The van der Waals surface area contributed by atoms with E-state index in [1.54, 1.807) is 7.05 Å². The molecule has 3 N–H and O–H groups in total. The van der Waals surface area contributed by atoms with E-state index >= 15 is 0 Å². The van der Waals surface area contributed by atoms with Crippen LogP contribution in [0, 0.1) is 0 Å². The monoisotopic (exact) mass is 60.1 g/mol. The van der Waals surface area contributed by atoms with E-state index in [1.165, 1.54) is 0 Å². The third kappa shape index (κ3) is 1.92. The van der Waals surface area contributed by atoms with Crippen molar-refractivity contribution in [3.63, 3.8) is 0 Å². The maximum absolute atomic E-state index is 4.92. The van der Waals surface area contributed by atoms with E-state index < -0.39 is 0 Å². The van der Waals surface area contributed by atoms with E-state index in [4.69, 9.17) is 5.73 Å². The Bertz CT molecular complexity index is 6.00. The van der Waals surface area contributed by atoms with Gasteiger partial charge < -0.3 is 11.1 Å². The first-order valence-electron chi connectivity index (χ1n) is 1.26. The Morgan fingerprint density at radius 3 is 2.25 bits per heavy atom. The molecule has 0 bridgehead atoms. The minimum atomic E-state index is 0.569.